The van der Waals surface area contributed by atoms with Gasteiger partial charge in [-0.05, 0) is 25.7 Å². The Bertz CT molecular complexity index is 465. The van der Waals surface area contributed by atoms with E-state index < -0.39 is 10.8 Å². The number of nitrogens with one attached hydrogen (secondary N) is 1. The predicted molar refractivity (Wildman–Crippen MR) is 72.9 cm³/mol. The SMILES string of the molecule is Nc1cc(NC2CCS(=O)CC2)nc(C2CC2)n1. The van der Waals surface area contributed by atoms with E-state index in [1.165, 1.54) is 12.8 Å². The van der Waals surface area contributed by atoms with Gasteiger partial charge >= 0.3 is 0 Å². The summed E-state index contributed by atoms with van der Waals surface area (Å²) >= 11 is 0. The first-order valence-corrected chi connectivity index (χ1v) is 7.95. The van der Waals surface area contributed by atoms with Crippen molar-refractivity contribution in [3.05, 3.63) is 11.9 Å². The normalized spacial score (nSPS) is 28.0. The lowest BCUT2D eigenvalue weighted by molar-refractivity contribution is 0.622. The lowest BCUT2D eigenvalue weighted by Crippen LogP contribution is -2.29. The number of anilines is 2. The Kier molecular flexibility index (Phi) is 3.20. The smallest absolute Gasteiger partial charge is 0.136 e. The highest BCUT2D eigenvalue weighted by molar-refractivity contribution is 7.85. The lowest BCUT2D eigenvalue weighted by atomic mass is 10.1. The zero-order chi connectivity index (χ0) is 12.5. The molecular formula is C12H18N4OS. The van der Waals surface area contributed by atoms with E-state index in [4.69, 9.17) is 5.73 Å². The van der Waals surface area contributed by atoms with Crippen molar-refractivity contribution in [3.8, 4) is 0 Å². The van der Waals surface area contributed by atoms with E-state index in [-0.39, 0.29) is 0 Å². The Morgan fingerprint density at radius 3 is 2.61 bits per heavy atom. The molecule has 0 spiro atoms. The minimum atomic E-state index is -0.622. The molecule has 3 N–H and O–H groups in total. The third-order valence-corrected chi connectivity index (χ3v) is 4.83. The van der Waals surface area contributed by atoms with Crippen molar-refractivity contribution in [3.63, 3.8) is 0 Å². The predicted octanol–water partition coefficient (Wildman–Crippen LogP) is 1.26. The number of nitrogen functional groups attached to an aromatic ring is 1. The second-order valence-corrected chi connectivity index (χ2v) is 6.77. The molecule has 0 aromatic carbocycles. The van der Waals surface area contributed by atoms with Crippen LogP contribution in [0.2, 0.25) is 0 Å². The van der Waals surface area contributed by atoms with Gasteiger partial charge in [-0.3, -0.25) is 4.21 Å². The second kappa shape index (κ2) is 4.84. The van der Waals surface area contributed by atoms with Crippen molar-refractivity contribution >= 4 is 22.4 Å². The van der Waals surface area contributed by atoms with E-state index in [1.807, 2.05) is 0 Å². The highest BCUT2D eigenvalue weighted by Gasteiger charge is 2.27. The van der Waals surface area contributed by atoms with Crippen LogP contribution < -0.4 is 11.1 Å². The molecule has 5 nitrogen and oxygen atoms in total. The van der Waals surface area contributed by atoms with E-state index in [9.17, 15) is 4.21 Å². The fraction of sp³-hybridized carbons (Fsp3) is 0.667. The summed E-state index contributed by atoms with van der Waals surface area (Å²) in [6.45, 7) is 0. The Morgan fingerprint density at radius 2 is 1.94 bits per heavy atom. The molecule has 2 aliphatic rings. The molecule has 0 bridgehead atoms. The quantitative estimate of drug-likeness (QED) is 0.861. The second-order valence-electron chi connectivity index (χ2n) is 5.08. The molecular weight excluding hydrogens is 248 g/mol. The Labute approximate surface area is 109 Å². The zero-order valence-electron chi connectivity index (χ0n) is 10.3. The molecule has 1 aromatic heterocycles. The summed E-state index contributed by atoms with van der Waals surface area (Å²) < 4.78 is 11.3. The maximum Gasteiger partial charge on any atom is 0.136 e. The molecule has 0 unspecified atom stereocenters. The van der Waals surface area contributed by atoms with Crippen LogP contribution in [0.1, 0.15) is 37.4 Å². The summed E-state index contributed by atoms with van der Waals surface area (Å²) in [5.74, 6) is 4.31. The van der Waals surface area contributed by atoms with Gasteiger partial charge in [0, 0.05) is 40.3 Å². The Morgan fingerprint density at radius 1 is 1.22 bits per heavy atom. The van der Waals surface area contributed by atoms with E-state index in [0.717, 1.165) is 36.0 Å². The highest BCUT2D eigenvalue weighted by Crippen LogP contribution is 2.38. The summed E-state index contributed by atoms with van der Waals surface area (Å²) in [6, 6.07) is 2.15. The summed E-state index contributed by atoms with van der Waals surface area (Å²) in [6.07, 6.45) is 4.22. The average Bonchev–Trinajstić information content (AvgIpc) is 3.15. The molecule has 1 aromatic rings. The number of hydrogen-bond acceptors (Lipinski definition) is 5. The molecule has 1 aliphatic carbocycles. The van der Waals surface area contributed by atoms with Gasteiger partial charge in [-0.25, -0.2) is 9.97 Å². The highest BCUT2D eigenvalue weighted by atomic mass is 32.2. The van der Waals surface area contributed by atoms with Gasteiger partial charge in [0.25, 0.3) is 0 Å². The first-order chi connectivity index (χ1) is 8.70. The van der Waals surface area contributed by atoms with Crippen molar-refractivity contribution in [2.24, 2.45) is 0 Å². The van der Waals surface area contributed by atoms with Gasteiger partial charge in [0.15, 0.2) is 0 Å². The van der Waals surface area contributed by atoms with E-state index in [2.05, 4.69) is 15.3 Å². The molecule has 6 heteroatoms. The lowest BCUT2D eigenvalue weighted by Gasteiger charge is -2.23. The van der Waals surface area contributed by atoms with Crippen molar-refractivity contribution in [1.82, 2.24) is 9.97 Å². The summed E-state index contributed by atoms with van der Waals surface area (Å²) in [4.78, 5) is 8.81. The van der Waals surface area contributed by atoms with Crippen molar-refractivity contribution < 1.29 is 4.21 Å². The molecule has 0 atom stereocenters. The molecule has 2 heterocycles. The van der Waals surface area contributed by atoms with Crippen LogP contribution in [0.5, 0.6) is 0 Å². The van der Waals surface area contributed by atoms with Crippen LogP contribution >= 0.6 is 0 Å². The van der Waals surface area contributed by atoms with Crippen LogP contribution in [0.25, 0.3) is 0 Å². The van der Waals surface area contributed by atoms with Crippen LogP contribution in [-0.2, 0) is 10.8 Å². The van der Waals surface area contributed by atoms with Gasteiger partial charge in [0.1, 0.15) is 17.5 Å². The number of aromatic nitrogens is 2. The van der Waals surface area contributed by atoms with Crippen LogP contribution in [0, 0.1) is 0 Å². The molecule has 0 amide bonds. The Balaban J connectivity index is 1.69. The zero-order valence-corrected chi connectivity index (χ0v) is 11.1. The maximum atomic E-state index is 11.3. The summed E-state index contributed by atoms with van der Waals surface area (Å²) in [7, 11) is -0.622. The first-order valence-electron chi connectivity index (χ1n) is 6.46. The topological polar surface area (TPSA) is 80.9 Å². The fourth-order valence-electron chi connectivity index (χ4n) is 2.23. The number of nitrogens with two attached hydrogens (primary N) is 1. The molecule has 1 aliphatic heterocycles. The molecule has 3 rings (SSSR count). The van der Waals surface area contributed by atoms with Crippen LogP contribution in [0.15, 0.2) is 6.07 Å². The van der Waals surface area contributed by atoms with Gasteiger partial charge in [-0.2, -0.15) is 0 Å². The monoisotopic (exact) mass is 266 g/mol. The van der Waals surface area contributed by atoms with Gasteiger partial charge in [0.2, 0.25) is 0 Å². The largest absolute Gasteiger partial charge is 0.384 e. The van der Waals surface area contributed by atoms with E-state index >= 15 is 0 Å². The van der Waals surface area contributed by atoms with Gasteiger partial charge < -0.3 is 11.1 Å². The van der Waals surface area contributed by atoms with Crippen molar-refractivity contribution in [2.45, 2.75) is 37.6 Å². The number of nitrogens with zero attached hydrogens (tertiary/aromatic N) is 2. The Hall–Kier alpha value is -1.17. The summed E-state index contributed by atoms with van der Waals surface area (Å²) in [5.41, 5.74) is 5.81. The van der Waals surface area contributed by atoms with Crippen LogP contribution in [0.4, 0.5) is 11.6 Å². The fourth-order valence-corrected chi connectivity index (χ4v) is 3.53. The molecule has 1 saturated carbocycles. The van der Waals surface area contributed by atoms with Crippen LogP contribution in [-0.4, -0.2) is 31.7 Å². The van der Waals surface area contributed by atoms with Crippen molar-refractivity contribution in [1.29, 1.82) is 0 Å². The number of hydrogen-bond donors (Lipinski definition) is 2. The van der Waals surface area contributed by atoms with E-state index in [0.29, 0.717) is 17.8 Å². The van der Waals surface area contributed by atoms with Gasteiger partial charge in [0.05, 0.1) is 0 Å². The number of rotatable bonds is 3. The average molecular weight is 266 g/mol. The molecule has 0 radical (unpaired) electrons. The molecule has 1 saturated heterocycles. The minimum Gasteiger partial charge on any atom is -0.384 e. The maximum absolute atomic E-state index is 11.3. The van der Waals surface area contributed by atoms with Gasteiger partial charge in [-0.1, -0.05) is 0 Å². The standard InChI is InChI=1S/C12H18N4OS/c13-10-7-11(16-12(15-10)8-1-2-8)14-9-3-5-18(17)6-4-9/h7-9H,1-6H2,(H3,13,14,15,16). The van der Waals surface area contributed by atoms with Crippen LogP contribution in [0.3, 0.4) is 0 Å². The molecule has 98 valence electrons. The van der Waals surface area contributed by atoms with E-state index in [1.54, 1.807) is 6.07 Å². The summed E-state index contributed by atoms with van der Waals surface area (Å²) in [5, 5.41) is 3.40. The van der Waals surface area contributed by atoms with Crippen molar-refractivity contribution in [2.75, 3.05) is 22.6 Å². The molecule has 2 fully saturated rings. The van der Waals surface area contributed by atoms with Gasteiger partial charge in [-0.15, -0.1) is 0 Å². The third-order valence-electron chi connectivity index (χ3n) is 3.45. The minimum absolute atomic E-state index is 0.365. The first kappa shape index (κ1) is 11.9. The molecule has 18 heavy (non-hydrogen) atoms. The third kappa shape index (κ3) is 2.80.